The van der Waals surface area contributed by atoms with E-state index in [9.17, 15) is 17.6 Å². The molecule has 0 N–H and O–H groups in total. The molecule has 1 unspecified atom stereocenters. The van der Waals surface area contributed by atoms with Crippen LogP contribution in [0, 0.1) is 19.7 Å². The summed E-state index contributed by atoms with van der Waals surface area (Å²) >= 11 is 0. The van der Waals surface area contributed by atoms with Gasteiger partial charge in [0.15, 0.2) is 9.84 Å². The zero-order valence-corrected chi connectivity index (χ0v) is 18.2. The van der Waals surface area contributed by atoms with Crippen LogP contribution in [0.15, 0.2) is 24.3 Å². The van der Waals surface area contributed by atoms with Gasteiger partial charge in [0.25, 0.3) is 0 Å². The zero-order chi connectivity index (χ0) is 21.5. The first-order valence-corrected chi connectivity index (χ1v) is 12.1. The summed E-state index contributed by atoms with van der Waals surface area (Å²) in [5.41, 5.74) is 3.09. The first-order valence-electron chi connectivity index (χ1n) is 10.3. The lowest BCUT2D eigenvalue weighted by Gasteiger charge is -2.36. The number of para-hydroxylation sites is 1. The van der Waals surface area contributed by atoms with E-state index < -0.39 is 9.84 Å². The molecule has 1 aromatic carbocycles. The first kappa shape index (κ1) is 20.8. The second kappa shape index (κ2) is 8.02. The van der Waals surface area contributed by atoms with Crippen LogP contribution in [0.1, 0.15) is 29.4 Å². The van der Waals surface area contributed by atoms with Crippen LogP contribution >= 0.6 is 0 Å². The molecular weight excluding hydrogens is 407 g/mol. The van der Waals surface area contributed by atoms with Crippen molar-refractivity contribution < 1.29 is 17.6 Å². The summed E-state index contributed by atoms with van der Waals surface area (Å²) in [5.74, 6) is 0.0783. The van der Waals surface area contributed by atoms with E-state index in [-0.39, 0.29) is 35.7 Å². The van der Waals surface area contributed by atoms with Crippen molar-refractivity contribution in [3.8, 4) is 0 Å². The number of anilines is 1. The molecule has 1 atom stereocenters. The highest BCUT2D eigenvalue weighted by Crippen LogP contribution is 2.27. The Morgan fingerprint density at radius 2 is 1.87 bits per heavy atom. The molecule has 0 saturated carbocycles. The second-order valence-electron chi connectivity index (χ2n) is 8.15. The maximum absolute atomic E-state index is 14.0. The number of sulfone groups is 1. The van der Waals surface area contributed by atoms with Crippen LogP contribution in [0.2, 0.25) is 0 Å². The highest BCUT2D eigenvalue weighted by atomic mass is 32.2. The lowest BCUT2D eigenvalue weighted by Crippen LogP contribution is -2.49. The Labute approximate surface area is 176 Å². The van der Waals surface area contributed by atoms with Gasteiger partial charge in [0.1, 0.15) is 5.82 Å². The molecule has 0 aliphatic carbocycles. The minimum absolute atomic E-state index is 0.0213. The van der Waals surface area contributed by atoms with Crippen molar-refractivity contribution in [2.24, 2.45) is 0 Å². The van der Waals surface area contributed by atoms with Gasteiger partial charge in [-0.2, -0.15) is 5.10 Å². The van der Waals surface area contributed by atoms with E-state index >= 15 is 0 Å². The molecule has 2 aliphatic heterocycles. The highest BCUT2D eigenvalue weighted by Gasteiger charge is 2.32. The molecule has 2 aliphatic rings. The van der Waals surface area contributed by atoms with Crippen LogP contribution in [-0.2, 0) is 21.1 Å². The number of aromatic nitrogens is 2. The monoisotopic (exact) mass is 434 g/mol. The van der Waals surface area contributed by atoms with Gasteiger partial charge in [0, 0.05) is 37.4 Å². The molecule has 1 aromatic heterocycles. The van der Waals surface area contributed by atoms with Crippen molar-refractivity contribution >= 4 is 21.4 Å². The topological polar surface area (TPSA) is 75.5 Å². The van der Waals surface area contributed by atoms with Gasteiger partial charge in [-0.1, -0.05) is 12.1 Å². The predicted molar refractivity (Wildman–Crippen MR) is 113 cm³/mol. The fraction of sp³-hybridized carbons (Fsp3) is 0.524. The largest absolute Gasteiger partial charge is 0.366 e. The Kier molecular flexibility index (Phi) is 5.57. The number of piperazine rings is 1. The quantitative estimate of drug-likeness (QED) is 0.735. The van der Waals surface area contributed by atoms with E-state index in [2.05, 4.69) is 5.10 Å². The van der Waals surface area contributed by atoms with E-state index in [1.54, 1.807) is 16.8 Å². The Bertz CT molecular complexity index is 1060. The average molecular weight is 435 g/mol. The molecule has 0 spiro atoms. The molecule has 2 saturated heterocycles. The molecule has 0 bridgehead atoms. The Morgan fingerprint density at radius 1 is 1.17 bits per heavy atom. The van der Waals surface area contributed by atoms with E-state index in [0.717, 1.165) is 17.0 Å². The summed E-state index contributed by atoms with van der Waals surface area (Å²) in [7, 11) is -3.00. The molecule has 30 heavy (non-hydrogen) atoms. The maximum atomic E-state index is 14.0. The van der Waals surface area contributed by atoms with Gasteiger partial charge in [-0.05, 0) is 32.4 Å². The van der Waals surface area contributed by atoms with Crippen molar-refractivity contribution in [1.82, 2.24) is 14.7 Å². The van der Waals surface area contributed by atoms with E-state index in [1.165, 1.54) is 6.07 Å². The molecule has 2 fully saturated rings. The third-order valence-electron chi connectivity index (χ3n) is 6.18. The van der Waals surface area contributed by atoms with Crippen LogP contribution in [0.25, 0.3) is 0 Å². The lowest BCUT2D eigenvalue weighted by molar-refractivity contribution is -0.130. The highest BCUT2D eigenvalue weighted by molar-refractivity contribution is 7.91. The molecule has 162 valence electrons. The van der Waals surface area contributed by atoms with E-state index in [4.69, 9.17) is 0 Å². The summed E-state index contributed by atoms with van der Waals surface area (Å²) in [6.07, 6.45) is 0.812. The number of nitrogens with zero attached hydrogens (tertiary/aromatic N) is 4. The number of hydrogen-bond acceptors (Lipinski definition) is 5. The molecule has 9 heteroatoms. The standard InChI is InChI=1S/C21H27FN4O3S/c1-15-18(16(2)26(23-15)17-7-12-30(28,29)14-17)13-21(27)25-10-8-24(9-11-25)20-6-4-3-5-19(20)22/h3-6,17H,7-14H2,1-2H3. The number of amides is 1. The third-order valence-corrected chi connectivity index (χ3v) is 7.93. The Balaban J connectivity index is 1.41. The minimum atomic E-state index is -3.00. The predicted octanol–water partition coefficient (Wildman–Crippen LogP) is 1.89. The van der Waals surface area contributed by atoms with E-state index in [0.29, 0.717) is 38.3 Å². The summed E-state index contributed by atoms with van der Waals surface area (Å²) in [6.45, 7) is 6.03. The number of rotatable bonds is 4. The fourth-order valence-corrected chi connectivity index (χ4v) is 6.14. The second-order valence-corrected chi connectivity index (χ2v) is 10.4. The van der Waals surface area contributed by atoms with Crippen LogP contribution in [0.5, 0.6) is 0 Å². The summed E-state index contributed by atoms with van der Waals surface area (Å²) in [4.78, 5) is 16.7. The van der Waals surface area contributed by atoms with Crippen LogP contribution in [0.4, 0.5) is 10.1 Å². The van der Waals surface area contributed by atoms with Crippen LogP contribution in [-0.4, -0.2) is 66.7 Å². The number of halogens is 1. The molecular formula is C21H27FN4O3S. The Hall–Kier alpha value is -2.42. The lowest BCUT2D eigenvalue weighted by atomic mass is 10.1. The number of carbonyl (C=O) groups is 1. The van der Waals surface area contributed by atoms with Crippen LogP contribution < -0.4 is 4.90 Å². The SMILES string of the molecule is Cc1nn(C2CCS(=O)(=O)C2)c(C)c1CC(=O)N1CCN(c2ccccc2F)CC1. The van der Waals surface area contributed by atoms with Gasteiger partial charge in [-0.15, -0.1) is 0 Å². The average Bonchev–Trinajstić information content (AvgIpc) is 3.22. The molecule has 7 nitrogen and oxygen atoms in total. The smallest absolute Gasteiger partial charge is 0.227 e. The van der Waals surface area contributed by atoms with Crippen molar-refractivity contribution in [2.45, 2.75) is 32.7 Å². The minimum Gasteiger partial charge on any atom is -0.366 e. The molecule has 4 rings (SSSR count). The summed E-state index contributed by atoms with van der Waals surface area (Å²) in [6, 6.07) is 6.55. The summed E-state index contributed by atoms with van der Waals surface area (Å²) in [5, 5.41) is 4.55. The normalized spacial score (nSPS) is 21.2. The molecule has 0 radical (unpaired) electrons. The Morgan fingerprint density at radius 3 is 2.50 bits per heavy atom. The number of hydrogen-bond donors (Lipinski definition) is 0. The third kappa shape index (κ3) is 4.08. The molecule has 1 amide bonds. The van der Waals surface area contributed by atoms with Gasteiger partial charge in [0.05, 0.1) is 35.3 Å². The van der Waals surface area contributed by atoms with E-state index in [1.807, 2.05) is 29.7 Å². The van der Waals surface area contributed by atoms with Crippen molar-refractivity contribution in [3.63, 3.8) is 0 Å². The number of benzene rings is 1. The van der Waals surface area contributed by atoms with Crippen molar-refractivity contribution in [1.29, 1.82) is 0 Å². The van der Waals surface area contributed by atoms with Gasteiger partial charge in [-0.3, -0.25) is 9.48 Å². The zero-order valence-electron chi connectivity index (χ0n) is 17.3. The first-order chi connectivity index (χ1) is 14.2. The van der Waals surface area contributed by atoms with Gasteiger partial charge in [0.2, 0.25) is 5.91 Å². The van der Waals surface area contributed by atoms with Gasteiger partial charge in [-0.25, -0.2) is 12.8 Å². The fourth-order valence-electron chi connectivity index (χ4n) is 4.44. The maximum Gasteiger partial charge on any atom is 0.227 e. The van der Waals surface area contributed by atoms with Crippen molar-refractivity contribution in [3.05, 3.63) is 47.0 Å². The molecule has 2 aromatic rings. The van der Waals surface area contributed by atoms with Crippen LogP contribution in [0.3, 0.4) is 0 Å². The summed E-state index contributed by atoms with van der Waals surface area (Å²) < 4.78 is 39.5. The van der Waals surface area contributed by atoms with Crippen molar-refractivity contribution in [2.75, 3.05) is 42.6 Å². The molecule has 3 heterocycles. The van der Waals surface area contributed by atoms with Gasteiger partial charge >= 0.3 is 0 Å². The number of aryl methyl sites for hydroxylation is 1. The van der Waals surface area contributed by atoms with Gasteiger partial charge < -0.3 is 9.80 Å². The number of carbonyl (C=O) groups excluding carboxylic acids is 1.